The Labute approximate surface area is 113 Å². The monoisotopic (exact) mass is 276 g/mol. The molecule has 0 spiro atoms. The van der Waals surface area contributed by atoms with Crippen molar-refractivity contribution >= 4 is 12.0 Å². The van der Waals surface area contributed by atoms with E-state index < -0.39 is 23.6 Å². The smallest absolute Gasteiger partial charge is 0.329 e. The highest BCUT2D eigenvalue weighted by Crippen LogP contribution is 2.13. The number of carbonyl (C=O) groups excluding carboxylic acids is 1. The molecule has 0 heterocycles. The van der Waals surface area contributed by atoms with Crippen LogP contribution in [0.3, 0.4) is 0 Å². The lowest BCUT2D eigenvalue weighted by Crippen LogP contribution is -2.56. The van der Waals surface area contributed by atoms with Gasteiger partial charge >= 0.3 is 12.0 Å². The summed E-state index contributed by atoms with van der Waals surface area (Å²) in [6, 6.07) is -0.534. The molecular formula is C12H24N2O5. The molecule has 112 valence electrons. The van der Waals surface area contributed by atoms with Crippen LogP contribution in [0, 0.1) is 0 Å². The number of aliphatic hydroxyl groups is 1. The van der Waals surface area contributed by atoms with Crippen LogP contribution in [0.25, 0.3) is 0 Å². The quantitative estimate of drug-likeness (QED) is 0.591. The van der Waals surface area contributed by atoms with Crippen LogP contribution in [0.5, 0.6) is 0 Å². The lowest BCUT2D eigenvalue weighted by atomic mass is 9.96. The van der Waals surface area contributed by atoms with E-state index >= 15 is 0 Å². The Morgan fingerprint density at radius 1 is 1.47 bits per heavy atom. The maximum atomic E-state index is 11.9. The zero-order valence-electron chi connectivity index (χ0n) is 12.0. The number of rotatable bonds is 8. The number of carboxylic acid groups (broad SMARTS) is 1. The highest BCUT2D eigenvalue weighted by molar-refractivity contribution is 5.85. The highest BCUT2D eigenvalue weighted by Gasteiger charge is 2.34. The number of carboxylic acids is 1. The van der Waals surface area contributed by atoms with Crippen LogP contribution in [0.2, 0.25) is 0 Å². The summed E-state index contributed by atoms with van der Waals surface area (Å²) in [6.07, 6.45) is 0.171. The van der Waals surface area contributed by atoms with Crippen molar-refractivity contribution in [1.82, 2.24) is 10.2 Å². The van der Waals surface area contributed by atoms with Gasteiger partial charge in [0, 0.05) is 14.2 Å². The average Bonchev–Trinajstić information content (AvgIpc) is 2.28. The van der Waals surface area contributed by atoms with Crippen molar-refractivity contribution in [3.63, 3.8) is 0 Å². The largest absolute Gasteiger partial charge is 0.480 e. The summed E-state index contributed by atoms with van der Waals surface area (Å²) in [4.78, 5) is 24.3. The van der Waals surface area contributed by atoms with Gasteiger partial charge in [-0.2, -0.15) is 0 Å². The summed E-state index contributed by atoms with van der Waals surface area (Å²) in [5.74, 6) is -1.08. The molecule has 0 saturated carbocycles. The third-order valence-electron chi connectivity index (χ3n) is 2.80. The summed E-state index contributed by atoms with van der Waals surface area (Å²) in [6.45, 7) is 3.50. The van der Waals surface area contributed by atoms with Crippen molar-refractivity contribution < 1.29 is 24.5 Å². The van der Waals surface area contributed by atoms with E-state index in [1.807, 2.05) is 6.92 Å². The molecule has 7 nitrogen and oxygen atoms in total. The fraction of sp³-hybridized carbons (Fsp3) is 0.833. The van der Waals surface area contributed by atoms with Gasteiger partial charge in [-0.1, -0.05) is 13.3 Å². The molecule has 0 aromatic carbocycles. The fourth-order valence-electron chi connectivity index (χ4n) is 1.70. The van der Waals surface area contributed by atoms with E-state index in [9.17, 15) is 14.7 Å². The van der Waals surface area contributed by atoms with Gasteiger partial charge in [-0.15, -0.1) is 0 Å². The number of aliphatic hydroxyl groups excluding tert-OH is 1. The number of ether oxygens (including phenoxy) is 1. The molecule has 0 aliphatic heterocycles. The molecule has 0 aliphatic carbocycles. The Morgan fingerprint density at radius 2 is 2.05 bits per heavy atom. The Balaban J connectivity index is 4.52. The number of carbonyl (C=O) groups is 2. The topological polar surface area (TPSA) is 99.1 Å². The normalized spacial score (nSPS) is 15.4. The van der Waals surface area contributed by atoms with Crippen LogP contribution < -0.4 is 5.32 Å². The molecule has 3 N–H and O–H groups in total. The summed E-state index contributed by atoms with van der Waals surface area (Å²) in [5, 5.41) is 21.2. The number of aliphatic carboxylic acids is 1. The van der Waals surface area contributed by atoms with E-state index in [1.165, 1.54) is 26.0 Å². The summed E-state index contributed by atoms with van der Waals surface area (Å²) in [5.41, 5.74) is -1.30. The maximum absolute atomic E-state index is 11.9. The third-order valence-corrected chi connectivity index (χ3v) is 2.80. The lowest BCUT2D eigenvalue weighted by Gasteiger charge is -2.29. The number of urea groups is 1. The van der Waals surface area contributed by atoms with Gasteiger partial charge in [0.2, 0.25) is 0 Å². The standard InChI is InChI=1S/C12H24N2O5/c1-5-6-12(2,10(16)17)13-11(18)14(3)7-9(15)8-19-4/h9,15H,5-8H2,1-4H3,(H,13,18)(H,16,17). The molecule has 0 fully saturated rings. The number of methoxy groups -OCH3 is 1. The minimum Gasteiger partial charge on any atom is -0.480 e. The second-order valence-corrected chi connectivity index (χ2v) is 4.81. The molecule has 0 rings (SSSR count). The van der Waals surface area contributed by atoms with Crippen LogP contribution in [-0.2, 0) is 9.53 Å². The zero-order chi connectivity index (χ0) is 15.1. The van der Waals surface area contributed by atoms with Gasteiger partial charge in [-0.05, 0) is 13.3 Å². The van der Waals surface area contributed by atoms with Crippen molar-refractivity contribution in [3.05, 3.63) is 0 Å². The van der Waals surface area contributed by atoms with Crippen molar-refractivity contribution in [2.75, 3.05) is 27.3 Å². The number of hydrogen-bond donors (Lipinski definition) is 3. The van der Waals surface area contributed by atoms with Crippen LogP contribution in [0.1, 0.15) is 26.7 Å². The van der Waals surface area contributed by atoms with Gasteiger partial charge in [-0.3, -0.25) is 0 Å². The number of hydrogen-bond acceptors (Lipinski definition) is 4. The van der Waals surface area contributed by atoms with Gasteiger partial charge < -0.3 is 25.2 Å². The highest BCUT2D eigenvalue weighted by atomic mass is 16.5. The Bertz CT molecular complexity index is 310. The molecule has 2 unspecified atom stereocenters. The number of nitrogens with zero attached hydrogens (tertiary/aromatic N) is 1. The Hall–Kier alpha value is -1.34. The minimum atomic E-state index is -1.30. The average molecular weight is 276 g/mol. The van der Waals surface area contributed by atoms with Gasteiger partial charge in [0.25, 0.3) is 0 Å². The van der Waals surface area contributed by atoms with Crippen molar-refractivity contribution in [2.45, 2.75) is 38.3 Å². The fourth-order valence-corrected chi connectivity index (χ4v) is 1.70. The number of amides is 2. The second-order valence-electron chi connectivity index (χ2n) is 4.81. The van der Waals surface area contributed by atoms with Gasteiger partial charge in [0.15, 0.2) is 0 Å². The zero-order valence-corrected chi connectivity index (χ0v) is 12.0. The van der Waals surface area contributed by atoms with Gasteiger partial charge in [-0.25, -0.2) is 9.59 Å². The van der Waals surface area contributed by atoms with E-state index in [4.69, 9.17) is 9.84 Å². The first kappa shape index (κ1) is 17.7. The molecule has 0 aromatic heterocycles. The van der Waals surface area contributed by atoms with E-state index in [2.05, 4.69) is 5.32 Å². The van der Waals surface area contributed by atoms with E-state index in [1.54, 1.807) is 0 Å². The van der Waals surface area contributed by atoms with Crippen LogP contribution in [-0.4, -0.2) is 66.1 Å². The molecule has 0 aliphatic rings. The number of likely N-dealkylation sites (N-methyl/N-ethyl adjacent to an activating group) is 1. The molecule has 2 amide bonds. The van der Waals surface area contributed by atoms with Crippen molar-refractivity contribution in [3.8, 4) is 0 Å². The molecular weight excluding hydrogens is 252 g/mol. The summed E-state index contributed by atoms with van der Waals surface area (Å²) < 4.78 is 4.76. The van der Waals surface area contributed by atoms with E-state index in [0.29, 0.717) is 12.8 Å². The van der Waals surface area contributed by atoms with Crippen LogP contribution >= 0.6 is 0 Å². The Kier molecular flexibility index (Phi) is 7.40. The summed E-state index contributed by atoms with van der Waals surface area (Å²) >= 11 is 0. The predicted octanol–water partition coefficient (Wildman–Crippen LogP) is 0.279. The first-order valence-corrected chi connectivity index (χ1v) is 6.20. The molecule has 19 heavy (non-hydrogen) atoms. The first-order chi connectivity index (χ1) is 8.76. The van der Waals surface area contributed by atoms with Crippen LogP contribution in [0.4, 0.5) is 4.79 Å². The lowest BCUT2D eigenvalue weighted by molar-refractivity contribution is -0.144. The minimum absolute atomic E-state index is 0.0709. The molecule has 0 bridgehead atoms. The first-order valence-electron chi connectivity index (χ1n) is 6.20. The van der Waals surface area contributed by atoms with E-state index in [-0.39, 0.29) is 13.2 Å². The molecule has 0 saturated heterocycles. The third kappa shape index (κ3) is 5.89. The van der Waals surface area contributed by atoms with E-state index in [0.717, 1.165) is 0 Å². The van der Waals surface area contributed by atoms with Gasteiger partial charge in [0.05, 0.1) is 19.3 Å². The maximum Gasteiger partial charge on any atom is 0.329 e. The molecule has 0 aromatic rings. The van der Waals surface area contributed by atoms with Crippen molar-refractivity contribution in [2.24, 2.45) is 0 Å². The second kappa shape index (κ2) is 7.96. The van der Waals surface area contributed by atoms with Crippen LogP contribution in [0.15, 0.2) is 0 Å². The predicted molar refractivity (Wildman–Crippen MR) is 70.0 cm³/mol. The summed E-state index contributed by atoms with van der Waals surface area (Å²) in [7, 11) is 2.94. The SMILES string of the molecule is CCCC(C)(NC(=O)N(C)CC(O)COC)C(=O)O. The Morgan fingerprint density at radius 3 is 2.47 bits per heavy atom. The molecule has 0 radical (unpaired) electrons. The van der Waals surface area contributed by atoms with Gasteiger partial charge in [0.1, 0.15) is 5.54 Å². The number of nitrogens with one attached hydrogen (secondary N) is 1. The molecule has 2 atom stereocenters. The van der Waals surface area contributed by atoms with Crippen molar-refractivity contribution in [1.29, 1.82) is 0 Å². The molecule has 7 heteroatoms.